The minimum absolute atomic E-state index is 0.153. The molecule has 24 heavy (non-hydrogen) atoms. The van der Waals surface area contributed by atoms with E-state index < -0.39 is 0 Å². The fourth-order valence-corrected chi connectivity index (χ4v) is 2.89. The van der Waals surface area contributed by atoms with Crippen molar-refractivity contribution in [1.82, 2.24) is 19.2 Å². The van der Waals surface area contributed by atoms with Gasteiger partial charge in [-0.05, 0) is 44.2 Å². The Morgan fingerprint density at radius 1 is 1.00 bits per heavy atom. The second kappa shape index (κ2) is 5.45. The van der Waals surface area contributed by atoms with Gasteiger partial charge in [0.2, 0.25) is 0 Å². The Morgan fingerprint density at radius 2 is 1.79 bits per heavy atom. The number of fused-ring (bicyclic) bond motifs is 1. The third kappa shape index (κ3) is 2.22. The third-order valence-electron chi connectivity index (χ3n) is 4.08. The van der Waals surface area contributed by atoms with Gasteiger partial charge in [-0.15, -0.1) is 0 Å². The molecule has 4 rings (SSSR count). The fourth-order valence-electron chi connectivity index (χ4n) is 2.89. The monoisotopic (exact) mass is 316 g/mol. The van der Waals surface area contributed by atoms with Crippen LogP contribution >= 0.6 is 0 Å². The maximum absolute atomic E-state index is 12.9. The van der Waals surface area contributed by atoms with Crippen LogP contribution in [0.3, 0.4) is 0 Å². The Morgan fingerprint density at radius 3 is 2.58 bits per heavy atom. The van der Waals surface area contributed by atoms with E-state index in [0.717, 1.165) is 28.3 Å². The van der Waals surface area contributed by atoms with Crippen LogP contribution in [0.2, 0.25) is 0 Å². The molecule has 3 heterocycles. The number of aryl methyl sites for hydroxylation is 2. The van der Waals surface area contributed by atoms with E-state index in [4.69, 9.17) is 0 Å². The lowest BCUT2D eigenvalue weighted by molar-refractivity contribution is 0.0947. The van der Waals surface area contributed by atoms with Crippen molar-refractivity contribution in [3.05, 3.63) is 77.7 Å². The van der Waals surface area contributed by atoms with Crippen molar-refractivity contribution in [2.45, 2.75) is 13.8 Å². The number of carbonyl (C=O) groups excluding carboxylic acids is 1. The molecule has 0 fully saturated rings. The van der Waals surface area contributed by atoms with Crippen LogP contribution in [0.4, 0.5) is 0 Å². The van der Waals surface area contributed by atoms with Gasteiger partial charge in [-0.1, -0.05) is 23.8 Å². The predicted octanol–water partition coefficient (Wildman–Crippen LogP) is 3.50. The minimum Gasteiger partial charge on any atom is -0.298 e. The highest BCUT2D eigenvalue weighted by molar-refractivity contribution is 5.97. The summed E-state index contributed by atoms with van der Waals surface area (Å²) in [5.74, 6) is -0.153. The number of imidazole rings is 1. The smallest absolute Gasteiger partial charge is 0.278 e. The molecule has 0 aliphatic carbocycles. The lowest BCUT2D eigenvalue weighted by Gasteiger charge is -2.07. The topological polar surface area (TPSA) is 52.2 Å². The van der Waals surface area contributed by atoms with Gasteiger partial charge in [-0.25, -0.2) is 4.98 Å². The molecule has 1 aromatic carbocycles. The van der Waals surface area contributed by atoms with Gasteiger partial charge < -0.3 is 0 Å². The first-order valence-corrected chi connectivity index (χ1v) is 7.74. The zero-order valence-electron chi connectivity index (χ0n) is 13.5. The number of aromatic nitrogens is 4. The summed E-state index contributed by atoms with van der Waals surface area (Å²) in [6.45, 7) is 3.94. The highest BCUT2D eigenvalue weighted by Crippen LogP contribution is 2.25. The average molecular weight is 316 g/mol. The van der Waals surface area contributed by atoms with E-state index >= 15 is 0 Å². The van der Waals surface area contributed by atoms with Crippen molar-refractivity contribution in [3.8, 4) is 11.4 Å². The Bertz CT molecular complexity index is 1040. The molecule has 118 valence electrons. The van der Waals surface area contributed by atoms with Gasteiger partial charge >= 0.3 is 0 Å². The van der Waals surface area contributed by atoms with E-state index in [1.807, 2.05) is 73.0 Å². The van der Waals surface area contributed by atoms with Crippen molar-refractivity contribution in [1.29, 1.82) is 0 Å². The van der Waals surface area contributed by atoms with E-state index in [9.17, 15) is 4.79 Å². The van der Waals surface area contributed by atoms with Crippen LogP contribution in [-0.4, -0.2) is 25.1 Å². The predicted molar refractivity (Wildman–Crippen MR) is 92.1 cm³/mol. The van der Waals surface area contributed by atoms with E-state index in [2.05, 4.69) is 10.1 Å². The lowest BCUT2D eigenvalue weighted by Crippen LogP contribution is -2.15. The standard InChI is InChI=1S/C19H16N4O/c1-13-6-8-15(9-7-13)19(24)23-16(10-11-20-23)18-14(2)21-17-5-3-4-12-22(17)18/h3-12H,1-2H3. The van der Waals surface area contributed by atoms with Crippen molar-refractivity contribution in [2.24, 2.45) is 0 Å². The number of hydrogen-bond acceptors (Lipinski definition) is 3. The summed E-state index contributed by atoms with van der Waals surface area (Å²) in [6.07, 6.45) is 3.58. The maximum atomic E-state index is 12.9. The number of pyridine rings is 1. The maximum Gasteiger partial charge on any atom is 0.278 e. The van der Waals surface area contributed by atoms with Gasteiger partial charge in [0.1, 0.15) is 5.65 Å². The number of rotatable bonds is 2. The van der Waals surface area contributed by atoms with E-state index in [1.165, 1.54) is 4.68 Å². The summed E-state index contributed by atoms with van der Waals surface area (Å²) in [7, 11) is 0. The van der Waals surface area contributed by atoms with Crippen LogP contribution in [0.25, 0.3) is 17.0 Å². The minimum atomic E-state index is -0.153. The summed E-state index contributed by atoms with van der Waals surface area (Å²) in [6, 6.07) is 15.2. The highest BCUT2D eigenvalue weighted by atomic mass is 16.2. The molecule has 0 bridgehead atoms. The van der Waals surface area contributed by atoms with Crippen molar-refractivity contribution >= 4 is 11.6 Å². The molecule has 0 saturated carbocycles. The summed E-state index contributed by atoms with van der Waals surface area (Å²) in [5, 5.41) is 4.24. The van der Waals surface area contributed by atoms with Crippen LogP contribution in [0.1, 0.15) is 21.6 Å². The molecule has 3 aromatic heterocycles. The number of nitrogens with zero attached hydrogens (tertiary/aromatic N) is 4. The second-order valence-corrected chi connectivity index (χ2v) is 5.77. The average Bonchev–Trinajstić information content (AvgIpc) is 3.17. The lowest BCUT2D eigenvalue weighted by atomic mass is 10.1. The Balaban J connectivity index is 1.87. The molecule has 0 spiro atoms. The second-order valence-electron chi connectivity index (χ2n) is 5.77. The Kier molecular flexibility index (Phi) is 3.27. The van der Waals surface area contributed by atoms with E-state index in [-0.39, 0.29) is 5.91 Å². The molecule has 0 saturated heterocycles. The first kappa shape index (κ1) is 14.4. The van der Waals surface area contributed by atoms with Crippen LogP contribution in [0.5, 0.6) is 0 Å². The van der Waals surface area contributed by atoms with Crippen molar-refractivity contribution in [2.75, 3.05) is 0 Å². The molecule has 0 N–H and O–H groups in total. The van der Waals surface area contributed by atoms with Gasteiger partial charge in [-0.2, -0.15) is 9.78 Å². The zero-order valence-corrected chi connectivity index (χ0v) is 13.5. The molecule has 0 aliphatic heterocycles. The van der Waals surface area contributed by atoms with E-state index in [1.54, 1.807) is 6.20 Å². The number of carbonyl (C=O) groups is 1. The molecular weight excluding hydrogens is 300 g/mol. The molecule has 5 heteroatoms. The quantitative estimate of drug-likeness (QED) is 0.569. The fraction of sp³-hybridized carbons (Fsp3) is 0.105. The normalized spacial score (nSPS) is 11.1. The van der Waals surface area contributed by atoms with Gasteiger partial charge in [0.15, 0.2) is 0 Å². The van der Waals surface area contributed by atoms with Crippen molar-refractivity contribution in [3.63, 3.8) is 0 Å². The first-order valence-electron chi connectivity index (χ1n) is 7.74. The largest absolute Gasteiger partial charge is 0.298 e. The van der Waals surface area contributed by atoms with Gasteiger partial charge in [0.25, 0.3) is 5.91 Å². The molecule has 0 unspecified atom stereocenters. The van der Waals surface area contributed by atoms with Crippen LogP contribution in [0.15, 0.2) is 60.9 Å². The Hall–Kier alpha value is -3.21. The van der Waals surface area contributed by atoms with E-state index in [0.29, 0.717) is 5.56 Å². The molecule has 5 nitrogen and oxygen atoms in total. The van der Waals surface area contributed by atoms with Crippen LogP contribution in [0, 0.1) is 13.8 Å². The highest BCUT2D eigenvalue weighted by Gasteiger charge is 2.19. The molecule has 0 amide bonds. The summed E-state index contributed by atoms with van der Waals surface area (Å²) in [4.78, 5) is 17.4. The molecular formula is C19H16N4O. The number of hydrogen-bond donors (Lipinski definition) is 0. The first-order chi connectivity index (χ1) is 11.6. The van der Waals surface area contributed by atoms with Gasteiger partial charge in [0.05, 0.1) is 23.3 Å². The van der Waals surface area contributed by atoms with Gasteiger partial charge in [-0.3, -0.25) is 9.20 Å². The molecule has 0 atom stereocenters. The molecule has 0 aliphatic rings. The third-order valence-corrected chi connectivity index (χ3v) is 4.08. The summed E-state index contributed by atoms with van der Waals surface area (Å²) >= 11 is 0. The zero-order chi connectivity index (χ0) is 16.7. The van der Waals surface area contributed by atoms with Crippen LogP contribution in [-0.2, 0) is 0 Å². The SMILES string of the molecule is Cc1ccc(C(=O)n2nccc2-c2c(C)nc3ccccn23)cc1. The van der Waals surface area contributed by atoms with Gasteiger partial charge in [0, 0.05) is 11.8 Å². The molecule has 0 radical (unpaired) electrons. The number of benzene rings is 1. The molecule has 4 aromatic rings. The van der Waals surface area contributed by atoms with Crippen molar-refractivity contribution < 1.29 is 4.79 Å². The Labute approximate surface area is 139 Å². The van der Waals surface area contributed by atoms with Crippen LogP contribution < -0.4 is 0 Å². The summed E-state index contributed by atoms with van der Waals surface area (Å²) < 4.78 is 3.42. The summed E-state index contributed by atoms with van der Waals surface area (Å²) in [5.41, 5.74) is 5.04.